The second kappa shape index (κ2) is 7.28. The topological polar surface area (TPSA) is 90.7 Å². The predicted molar refractivity (Wildman–Crippen MR) is 78.1 cm³/mol. The standard InChI is InChI=1S/C14H17ClN2O4/c15-9-3-4-11(12(16)6-9)14(19)21-8-13(18)17-7-10-2-1-5-20-10/h3-4,6,10H,1-2,5,7-8,16H2,(H,17,18)/t10-/m1/s1. The summed E-state index contributed by atoms with van der Waals surface area (Å²) in [6, 6.07) is 4.45. The van der Waals surface area contributed by atoms with Crippen LogP contribution in [0, 0.1) is 0 Å². The summed E-state index contributed by atoms with van der Waals surface area (Å²) in [6.07, 6.45) is 1.99. The molecule has 0 aromatic heterocycles. The van der Waals surface area contributed by atoms with E-state index in [9.17, 15) is 9.59 Å². The summed E-state index contributed by atoms with van der Waals surface area (Å²) >= 11 is 5.74. The van der Waals surface area contributed by atoms with Gasteiger partial charge in [0, 0.05) is 23.9 Å². The molecule has 1 heterocycles. The van der Waals surface area contributed by atoms with Gasteiger partial charge in [-0.15, -0.1) is 0 Å². The third-order valence-electron chi connectivity index (χ3n) is 3.12. The summed E-state index contributed by atoms with van der Waals surface area (Å²) in [4.78, 5) is 23.4. The Bertz CT molecular complexity index is 530. The molecular formula is C14H17ClN2O4. The van der Waals surface area contributed by atoms with Crippen molar-refractivity contribution in [2.45, 2.75) is 18.9 Å². The van der Waals surface area contributed by atoms with Crippen LogP contribution in [-0.2, 0) is 14.3 Å². The number of ether oxygens (including phenoxy) is 2. The Hall–Kier alpha value is -1.79. The van der Waals surface area contributed by atoms with Gasteiger partial charge in [-0.25, -0.2) is 4.79 Å². The third kappa shape index (κ3) is 4.61. The van der Waals surface area contributed by atoms with Crippen LogP contribution in [0.25, 0.3) is 0 Å². The Balaban J connectivity index is 1.76. The van der Waals surface area contributed by atoms with E-state index in [0.29, 0.717) is 11.6 Å². The Kier molecular flexibility index (Phi) is 5.41. The van der Waals surface area contributed by atoms with Crippen LogP contribution in [-0.4, -0.2) is 37.7 Å². The SMILES string of the molecule is Nc1cc(Cl)ccc1C(=O)OCC(=O)NC[C@H]1CCCO1. The van der Waals surface area contributed by atoms with E-state index in [1.165, 1.54) is 18.2 Å². The molecule has 0 spiro atoms. The summed E-state index contributed by atoms with van der Waals surface area (Å²) in [5.74, 6) is -1.03. The van der Waals surface area contributed by atoms with Gasteiger partial charge in [0.05, 0.1) is 11.7 Å². The monoisotopic (exact) mass is 312 g/mol. The van der Waals surface area contributed by atoms with Crippen molar-refractivity contribution in [3.8, 4) is 0 Å². The van der Waals surface area contributed by atoms with Crippen LogP contribution in [0.5, 0.6) is 0 Å². The first-order chi connectivity index (χ1) is 10.1. The number of nitrogens with one attached hydrogen (secondary N) is 1. The highest BCUT2D eigenvalue weighted by molar-refractivity contribution is 6.31. The first-order valence-electron chi connectivity index (χ1n) is 6.66. The van der Waals surface area contributed by atoms with E-state index in [-0.39, 0.29) is 29.9 Å². The number of amides is 1. The molecule has 7 heteroatoms. The van der Waals surface area contributed by atoms with Crippen molar-refractivity contribution in [1.82, 2.24) is 5.32 Å². The van der Waals surface area contributed by atoms with Gasteiger partial charge in [-0.3, -0.25) is 4.79 Å². The number of halogens is 1. The van der Waals surface area contributed by atoms with E-state index in [4.69, 9.17) is 26.8 Å². The van der Waals surface area contributed by atoms with E-state index in [1.807, 2.05) is 0 Å². The maximum absolute atomic E-state index is 11.8. The molecule has 1 fully saturated rings. The lowest BCUT2D eigenvalue weighted by Crippen LogP contribution is -2.34. The molecule has 1 atom stereocenters. The van der Waals surface area contributed by atoms with Crippen molar-refractivity contribution in [3.05, 3.63) is 28.8 Å². The smallest absolute Gasteiger partial charge is 0.340 e. The molecule has 1 amide bonds. The normalized spacial score (nSPS) is 17.5. The van der Waals surface area contributed by atoms with Gasteiger partial charge in [0.25, 0.3) is 5.91 Å². The molecule has 0 saturated carbocycles. The fraction of sp³-hybridized carbons (Fsp3) is 0.429. The Morgan fingerprint density at radius 1 is 1.48 bits per heavy atom. The maximum Gasteiger partial charge on any atom is 0.340 e. The summed E-state index contributed by atoms with van der Waals surface area (Å²) in [7, 11) is 0. The second-order valence-electron chi connectivity index (χ2n) is 4.75. The van der Waals surface area contributed by atoms with Crippen molar-refractivity contribution in [1.29, 1.82) is 0 Å². The van der Waals surface area contributed by atoms with Gasteiger partial charge < -0.3 is 20.5 Å². The zero-order valence-corrected chi connectivity index (χ0v) is 12.2. The van der Waals surface area contributed by atoms with Crippen LogP contribution >= 0.6 is 11.6 Å². The number of rotatable bonds is 5. The summed E-state index contributed by atoms with van der Waals surface area (Å²) in [5, 5.41) is 3.09. The number of nitrogens with two attached hydrogens (primary N) is 1. The number of nitrogen functional groups attached to an aromatic ring is 1. The maximum atomic E-state index is 11.8. The van der Waals surface area contributed by atoms with E-state index < -0.39 is 5.97 Å². The van der Waals surface area contributed by atoms with Gasteiger partial charge in [-0.1, -0.05) is 11.6 Å². The fourth-order valence-corrected chi connectivity index (χ4v) is 2.19. The number of carbonyl (C=O) groups excluding carboxylic acids is 2. The summed E-state index contributed by atoms with van der Waals surface area (Å²) in [5.41, 5.74) is 6.07. The van der Waals surface area contributed by atoms with Crippen LogP contribution in [0.3, 0.4) is 0 Å². The quantitative estimate of drug-likeness (QED) is 0.633. The molecule has 1 saturated heterocycles. The molecule has 114 valence electrons. The van der Waals surface area contributed by atoms with Crippen molar-refractivity contribution < 1.29 is 19.1 Å². The number of esters is 1. The zero-order chi connectivity index (χ0) is 15.2. The molecule has 1 aromatic rings. The number of hydrogen-bond acceptors (Lipinski definition) is 5. The number of carbonyl (C=O) groups is 2. The van der Waals surface area contributed by atoms with Crippen LogP contribution in [0.1, 0.15) is 23.2 Å². The minimum Gasteiger partial charge on any atom is -0.452 e. The predicted octanol–water partition coefficient (Wildman–Crippen LogP) is 1.37. The van der Waals surface area contributed by atoms with E-state index in [1.54, 1.807) is 0 Å². The van der Waals surface area contributed by atoms with Gasteiger partial charge in [0.1, 0.15) is 0 Å². The van der Waals surface area contributed by atoms with Crippen LogP contribution < -0.4 is 11.1 Å². The molecule has 6 nitrogen and oxygen atoms in total. The van der Waals surface area contributed by atoms with Crippen molar-refractivity contribution in [2.75, 3.05) is 25.5 Å². The third-order valence-corrected chi connectivity index (χ3v) is 3.35. The van der Waals surface area contributed by atoms with Crippen molar-refractivity contribution in [2.24, 2.45) is 0 Å². The first kappa shape index (κ1) is 15.6. The second-order valence-corrected chi connectivity index (χ2v) is 5.18. The Morgan fingerprint density at radius 3 is 2.95 bits per heavy atom. The van der Waals surface area contributed by atoms with Crippen LogP contribution in [0.4, 0.5) is 5.69 Å². The molecule has 0 radical (unpaired) electrons. The van der Waals surface area contributed by atoms with Gasteiger partial charge >= 0.3 is 5.97 Å². The molecule has 0 bridgehead atoms. The molecule has 21 heavy (non-hydrogen) atoms. The van der Waals surface area contributed by atoms with Crippen molar-refractivity contribution >= 4 is 29.2 Å². The van der Waals surface area contributed by atoms with Gasteiger partial charge in [-0.2, -0.15) is 0 Å². The first-order valence-corrected chi connectivity index (χ1v) is 7.04. The van der Waals surface area contributed by atoms with E-state index in [2.05, 4.69) is 5.32 Å². The van der Waals surface area contributed by atoms with Gasteiger partial charge in [0.15, 0.2) is 6.61 Å². The molecule has 1 aromatic carbocycles. The lowest BCUT2D eigenvalue weighted by atomic mass is 10.2. The Morgan fingerprint density at radius 2 is 2.29 bits per heavy atom. The van der Waals surface area contributed by atoms with Gasteiger partial charge in [0.2, 0.25) is 0 Å². The number of anilines is 1. The highest BCUT2D eigenvalue weighted by Gasteiger charge is 2.17. The molecule has 2 rings (SSSR count). The van der Waals surface area contributed by atoms with E-state index >= 15 is 0 Å². The fourth-order valence-electron chi connectivity index (χ4n) is 2.01. The molecule has 1 aliphatic rings. The average molecular weight is 313 g/mol. The van der Waals surface area contributed by atoms with Crippen molar-refractivity contribution in [3.63, 3.8) is 0 Å². The number of hydrogen-bond donors (Lipinski definition) is 2. The highest BCUT2D eigenvalue weighted by atomic mass is 35.5. The molecular weight excluding hydrogens is 296 g/mol. The van der Waals surface area contributed by atoms with Crippen LogP contribution in [0.2, 0.25) is 5.02 Å². The minimum atomic E-state index is -0.656. The largest absolute Gasteiger partial charge is 0.452 e. The molecule has 1 aliphatic heterocycles. The zero-order valence-electron chi connectivity index (χ0n) is 11.4. The summed E-state index contributed by atoms with van der Waals surface area (Å²) in [6.45, 7) is 0.804. The van der Waals surface area contributed by atoms with Gasteiger partial charge in [-0.05, 0) is 31.0 Å². The molecule has 0 aliphatic carbocycles. The van der Waals surface area contributed by atoms with Crippen LogP contribution in [0.15, 0.2) is 18.2 Å². The number of benzene rings is 1. The summed E-state index contributed by atoms with van der Waals surface area (Å²) < 4.78 is 10.3. The van der Waals surface area contributed by atoms with E-state index in [0.717, 1.165) is 19.4 Å². The lowest BCUT2D eigenvalue weighted by Gasteiger charge is -2.11. The minimum absolute atomic E-state index is 0.0524. The average Bonchev–Trinajstić information content (AvgIpc) is 2.95. The molecule has 0 unspecified atom stereocenters. The molecule has 3 N–H and O–H groups in total. The highest BCUT2D eigenvalue weighted by Crippen LogP contribution is 2.18. The Labute approximate surface area is 127 Å². The lowest BCUT2D eigenvalue weighted by molar-refractivity contribution is -0.124.